The number of hydrogen-bond donors (Lipinski definition) is 5. The Morgan fingerprint density at radius 2 is 1.14 bits per heavy atom. The molecule has 192 valence electrons. The standard InChI is InChI=1S/C26H33N11/c1-5-18(4)37(14-21-31-23(27)35-25(33-21)29-19-12-8-6-10-16(19)2)15-22-32-24(28)36-26(34-22)30-20-13-9-7-11-17(20)3/h6-13,18H,5,14-15H2,1-4H3,(H3,27,29,31,33,35)(H3,28,30,32,34,36)/p+1/t18-/m1/s1. The van der Waals surface area contributed by atoms with Crippen molar-refractivity contribution in [3.63, 3.8) is 0 Å². The molecule has 37 heavy (non-hydrogen) atoms. The number of para-hydroxylation sites is 2. The summed E-state index contributed by atoms with van der Waals surface area (Å²) in [6.07, 6.45) is 0.944. The second-order valence-electron chi connectivity index (χ2n) is 9.07. The van der Waals surface area contributed by atoms with Crippen LogP contribution in [0.15, 0.2) is 48.5 Å². The average molecular weight is 501 g/mol. The number of rotatable bonds is 10. The molecule has 0 saturated carbocycles. The number of nitrogen functional groups attached to an aromatic ring is 2. The molecule has 0 amide bonds. The number of nitrogens with two attached hydrogens (primary N) is 2. The highest BCUT2D eigenvalue weighted by molar-refractivity contribution is 5.59. The van der Waals surface area contributed by atoms with Gasteiger partial charge in [-0.25, -0.2) is 0 Å². The summed E-state index contributed by atoms with van der Waals surface area (Å²) in [5, 5.41) is 6.51. The van der Waals surface area contributed by atoms with Gasteiger partial charge in [0.2, 0.25) is 23.8 Å². The highest BCUT2D eigenvalue weighted by Crippen LogP contribution is 2.19. The number of quaternary nitrogens is 1. The van der Waals surface area contributed by atoms with Crippen molar-refractivity contribution in [3.05, 3.63) is 71.3 Å². The van der Waals surface area contributed by atoms with E-state index in [0.717, 1.165) is 28.9 Å². The van der Waals surface area contributed by atoms with E-state index >= 15 is 0 Å². The third kappa shape index (κ3) is 6.85. The van der Waals surface area contributed by atoms with Gasteiger partial charge < -0.3 is 27.0 Å². The molecule has 4 aromatic rings. The Labute approximate surface area is 216 Å². The zero-order valence-corrected chi connectivity index (χ0v) is 21.7. The van der Waals surface area contributed by atoms with Crippen LogP contribution in [0.4, 0.5) is 35.2 Å². The Kier molecular flexibility index (Phi) is 8.04. The third-order valence-electron chi connectivity index (χ3n) is 6.26. The number of aromatic nitrogens is 6. The van der Waals surface area contributed by atoms with E-state index in [1.807, 2.05) is 62.4 Å². The maximum atomic E-state index is 6.04. The van der Waals surface area contributed by atoms with Crippen molar-refractivity contribution in [2.45, 2.75) is 53.2 Å². The molecule has 7 N–H and O–H groups in total. The Morgan fingerprint density at radius 1 is 0.703 bits per heavy atom. The van der Waals surface area contributed by atoms with Gasteiger partial charge in [-0.3, -0.25) is 0 Å². The van der Waals surface area contributed by atoms with Gasteiger partial charge in [0, 0.05) is 11.4 Å². The van der Waals surface area contributed by atoms with Gasteiger partial charge >= 0.3 is 0 Å². The van der Waals surface area contributed by atoms with Crippen LogP contribution in [-0.4, -0.2) is 35.9 Å². The fourth-order valence-corrected chi connectivity index (χ4v) is 3.92. The Hall–Kier alpha value is -4.38. The van der Waals surface area contributed by atoms with Gasteiger partial charge in [0.25, 0.3) is 0 Å². The molecule has 0 aliphatic heterocycles. The predicted octanol–water partition coefficient (Wildman–Crippen LogP) is 2.71. The molecule has 2 aromatic heterocycles. The van der Waals surface area contributed by atoms with Gasteiger partial charge in [-0.2, -0.15) is 29.9 Å². The van der Waals surface area contributed by atoms with Crippen molar-refractivity contribution in [3.8, 4) is 0 Å². The zero-order chi connectivity index (χ0) is 26.4. The molecule has 0 radical (unpaired) electrons. The first-order valence-corrected chi connectivity index (χ1v) is 12.3. The summed E-state index contributed by atoms with van der Waals surface area (Å²) in [4.78, 5) is 27.8. The highest BCUT2D eigenvalue weighted by Gasteiger charge is 2.22. The van der Waals surface area contributed by atoms with Crippen LogP contribution in [0.25, 0.3) is 0 Å². The Balaban J connectivity index is 1.55. The maximum absolute atomic E-state index is 6.04. The molecule has 0 spiro atoms. The lowest BCUT2D eigenvalue weighted by atomic mass is 10.2. The van der Waals surface area contributed by atoms with Crippen molar-refractivity contribution >= 4 is 35.2 Å². The van der Waals surface area contributed by atoms with Crippen LogP contribution in [0.1, 0.15) is 43.0 Å². The fraction of sp³-hybridized carbons (Fsp3) is 0.308. The van der Waals surface area contributed by atoms with E-state index in [1.165, 1.54) is 4.90 Å². The molecular formula is C26H34N11+. The van der Waals surface area contributed by atoms with Crippen LogP contribution in [0.5, 0.6) is 0 Å². The van der Waals surface area contributed by atoms with Crippen LogP contribution >= 0.6 is 0 Å². The van der Waals surface area contributed by atoms with E-state index in [0.29, 0.717) is 36.6 Å². The summed E-state index contributed by atoms with van der Waals surface area (Å²) >= 11 is 0. The monoisotopic (exact) mass is 500 g/mol. The van der Waals surface area contributed by atoms with E-state index in [4.69, 9.17) is 11.5 Å². The van der Waals surface area contributed by atoms with E-state index in [-0.39, 0.29) is 17.9 Å². The van der Waals surface area contributed by atoms with Crippen molar-refractivity contribution in [2.75, 3.05) is 22.1 Å². The number of aryl methyl sites for hydroxylation is 2. The van der Waals surface area contributed by atoms with Crippen LogP contribution in [-0.2, 0) is 13.1 Å². The molecule has 1 atom stereocenters. The minimum absolute atomic E-state index is 0.165. The van der Waals surface area contributed by atoms with Gasteiger partial charge in [0.15, 0.2) is 11.6 Å². The van der Waals surface area contributed by atoms with E-state index in [9.17, 15) is 0 Å². The van der Waals surface area contributed by atoms with Crippen LogP contribution < -0.4 is 27.0 Å². The molecule has 0 aliphatic carbocycles. The summed E-state index contributed by atoms with van der Waals surface area (Å²) in [7, 11) is 0. The lowest BCUT2D eigenvalue weighted by molar-refractivity contribution is -0.951. The molecule has 0 aliphatic rings. The highest BCUT2D eigenvalue weighted by atomic mass is 15.3. The summed E-state index contributed by atoms with van der Waals surface area (Å²) in [6.45, 7) is 9.37. The second-order valence-corrected chi connectivity index (χ2v) is 9.07. The first kappa shape index (κ1) is 25.7. The number of nitrogens with zero attached hydrogens (tertiary/aromatic N) is 6. The Bertz CT molecular complexity index is 1260. The van der Waals surface area contributed by atoms with Gasteiger partial charge in [-0.1, -0.05) is 43.3 Å². The van der Waals surface area contributed by atoms with Crippen LogP contribution in [0.3, 0.4) is 0 Å². The van der Waals surface area contributed by atoms with E-state index in [2.05, 4.69) is 54.4 Å². The van der Waals surface area contributed by atoms with Crippen molar-refractivity contribution in [2.24, 2.45) is 0 Å². The van der Waals surface area contributed by atoms with Crippen molar-refractivity contribution < 1.29 is 4.90 Å². The SMILES string of the molecule is CC[C@@H](C)[NH+](Cc1nc(N)nc(Nc2ccccc2C)n1)Cc1nc(N)nc(Nc2ccccc2C)n1. The number of nitrogens with one attached hydrogen (secondary N) is 3. The van der Waals surface area contributed by atoms with Crippen molar-refractivity contribution in [1.82, 2.24) is 29.9 Å². The molecule has 0 bridgehead atoms. The molecule has 0 saturated heterocycles. The van der Waals surface area contributed by atoms with Crippen LogP contribution in [0, 0.1) is 13.8 Å². The lowest BCUT2D eigenvalue weighted by Crippen LogP contribution is -3.13. The molecule has 11 nitrogen and oxygen atoms in total. The summed E-state index contributed by atoms with van der Waals surface area (Å²) in [5.74, 6) is 2.32. The Morgan fingerprint density at radius 3 is 1.54 bits per heavy atom. The summed E-state index contributed by atoms with van der Waals surface area (Å²) in [5.41, 5.74) is 16.1. The van der Waals surface area contributed by atoms with Gasteiger partial charge in [-0.05, 0) is 50.5 Å². The molecule has 11 heteroatoms. The second kappa shape index (κ2) is 11.6. The normalized spacial score (nSPS) is 11.9. The maximum Gasteiger partial charge on any atom is 0.232 e. The van der Waals surface area contributed by atoms with Gasteiger partial charge in [-0.15, -0.1) is 0 Å². The predicted molar refractivity (Wildman–Crippen MR) is 146 cm³/mol. The smallest absolute Gasteiger partial charge is 0.232 e. The summed E-state index contributed by atoms with van der Waals surface area (Å²) in [6, 6.07) is 16.1. The molecule has 0 unspecified atom stereocenters. The number of hydrogen-bond acceptors (Lipinski definition) is 10. The lowest BCUT2D eigenvalue weighted by Gasteiger charge is -2.24. The molecule has 0 fully saturated rings. The largest absolute Gasteiger partial charge is 0.368 e. The third-order valence-corrected chi connectivity index (χ3v) is 6.26. The average Bonchev–Trinajstić information content (AvgIpc) is 2.85. The quantitative estimate of drug-likeness (QED) is 0.219. The minimum atomic E-state index is 0.165. The van der Waals surface area contributed by atoms with E-state index in [1.54, 1.807) is 0 Å². The van der Waals surface area contributed by atoms with Gasteiger partial charge in [0.1, 0.15) is 13.1 Å². The first-order chi connectivity index (χ1) is 17.8. The molecule has 2 heterocycles. The molecule has 4 rings (SSSR count). The topological polar surface area (TPSA) is 158 Å². The summed E-state index contributed by atoms with van der Waals surface area (Å²) < 4.78 is 0. The zero-order valence-electron chi connectivity index (χ0n) is 21.7. The van der Waals surface area contributed by atoms with Crippen LogP contribution in [0.2, 0.25) is 0 Å². The first-order valence-electron chi connectivity index (χ1n) is 12.3. The number of anilines is 6. The molecule has 2 aromatic carbocycles. The fourth-order valence-electron chi connectivity index (χ4n) is 3.92. The minimum Gasteiger partial charge on any atom is -0.368 e. The van der Waals surface area contributed by atoms with E-state index < -0.39 is 0 Å². The molecular weight excluding hydrogens is 466 g/mol. The van der Waals surface area contributed by atoms with Crippen molar-refractivity contribution in [1.29, 1.82) is 0 Å². The number of benzene rings is 2. The van der Waals surface area contributed by atoms with Gasteiger partial charge in [0.05, 0.1) is 6.04 Å².